The summed E-state index contributed by atoms with van der Waals surface area (Å²) in [7, 11) is 1.75. The molecule has 0 amide bonds. The summed E-state index contributed by atoms with van der Waals surface area (Å²) in [5.41, 5.74) is 9.04. The minimum absolute atomic E-state index is 0.0156. The molecule has 0 saturated carbocycles. The third-order valence-corrected chi connectivity index (χ3v) is 8.77. The summed E-state index contributed by atoms with van der Waals surface area (Å²) in [5.74, 6) is 0.0156. The van der Waals surface area contributed by atoms with E-state index in [9.17, 15) is 5.11 Å². The molecule has 4 heterocycles. The van der Waals surface area contributed by atoms with Gasteiger partial charge in [-0.25, -0.2) is 0 Å². The topological polar surface area (TPSA) is 46.2 Å². The lowest BCUT2D eigenvalue weighted by molar-refractivity contribution is -0.709. The molecule has 1 aliphatic heterocycles. The van der Waals surface area contributed by atoms with Gasteiger partial charge in [0.1, 0.15) is 0 Å². The van der Waals surface area contributed by atoms with Crippen molar-refractivity contribution in [2.75, 3.05) is 20.3 Å². The van der Waals surface area contributed by atoms with Gasteiger partial charge in [0.2, 0.25) is 5.69 Å². The lowest BCUT2D eigenvalue weighted by atomic mass is 9.74. The van der Waals surface area contributed by atoms with Crippen LogP contribution in [0.4, 0.5) is 0 Å². The minimum atomic E-state index is -0.125. The van der Waals surface area contributed by atoms with Gasteiger partial charge in [-0.15, -0.1) is 11.3 Å². The predicted octanol–water partition coefficient (Wildman–Crippen LogP) is 7.20. The van der Waals surface area contributed by atoms with Gasteiger partial charge in [0.05, 0.1) is 34.9 Å². The van der Waals surface area contributed by atoms with E-state index in [2.05, 4.69) is 103 Å². The number of benzene rings is 2. The van der Waals surface area contributed by atoms with Gasteiger partial charge in [-0.1, -0.05) is 51.6 Å². The van der Waals surface area contributed by atoms with Gasteiger partial charge in [-0.2, -0.15) is 4.57 Å². The summed E-state index contributed by atoms with van der Waals surface area (Å²) in [4.78, 5) is 4.55. The maximum Gasteiger partial charge on any atom is 0.213 e. The summed E-state index contributed by atoms with van der Waals surface area (Å²) < 4.78 is 9.30. The van der Waals surface area contributed by atoms with Gasteiger partial charge in [0.15, 0.2) is 12.2 Å². The van der Waals surface area contributed by atoms with E-state index in [1.807, 2.05) is 6.20 Å². The third kappa shape index (κ3) is 3.89. The van der Waals surface area contributed by atoms with Crippen LogP contribution < -0.4 is 4.57 Å². The van der Waals surface area contributed by atoms with Gasteiger partial charge in [0.25, 0.3) is 0 Å². The molecule has 2 unspecified atom stereocenters. The van der Waals surface area contributed by atoms with E-state index in [1.54, 1.807) is 18.4 Å². The highest BCUT2D eigenvalue weighted by molar-refractivity contribution is 7.17. The second-order valence-corrected chi connectivity index (χ2v) is 12.1. The smallest absolute Gasteiger partial charge is 0.213 e. The van der Waals surface area contributed by atoms with Crippen LogP contribution >= 0.6 is 11.3 Å². The van der Waals surface area contributed by atoms with Crippen molar-refractivity contribution >= 4 is 32.3 Å². The number of aliphatic hydroxyl groups excluding tert-OH is 1. The number of hydrogen-bond acceptors (Lipinski definition) is 4. The number of aliphatic hydroxyl groups is 1. The van der Waals surface area contributed by atoms with Crippen molar-refractivity contribution in [1.29, 1.82) is 0 Å². The van der Waals surface area contributed by atoms with Crippen LogP contribution in [0.5, 0.6) is 0 Å². The standard InChI is InChI=1S/C33H33N2O2S/c1-20(18-36)31-26(19-37-5)30-24-9-7-6-8-23(24)27(33(2,3)4)17-25(30)29-16-21(11-14-35(29)31)22-10-13-34-28-12-15-38-32(22)28/h6-17,26,31,36H,1,18-19H2,2-5H3/q+1. The van der Waals surface area contributed by atoms with Crippen LogP contribution in [0.3, 0.4) is 0 Å². The number of thiophene rings is 1. The molecule has 4 nitrogen and oxygen atoms in total. The molecule has 0 aliphatic carbocycles. The van der Waals surface area contributed by atoms with Crippen molar-refractivity contribution in [1.82, 2.24) is 4.98 Å². The van der Waals surface area contributed by atoms with Crippen molar-refractivity contribution in [2.45, 2.75) is 38.1 Å². The van der Waals surface area contributed by atoms with Gasteiger partial charge in [0, 0.05) is 36.6 Å². The summed E-state index contributed by atoms with van der Waals surface area (Å²) in [6, 6.07) is 19.6. The van der Waals surface area contributed by atoms with Gasteiger partial charge < -0.3 is 9.84 Å². The number of fused-ring (bicyclic) bond motifs is 6. The number of methoxy groups -OCH3 is 1. The lowest BCUT2D eigenvalue weighted by Crippen LogP contribution is -2.49. The summed E-state index contributed by atoms with van der Waals surface area (Å²) in [6.07, 6.45) is 4.05. The Balaban J connectivity index is 1.71. The predicted molar refractivity (Wildman–Crippen MR) is 157 cm³/mol. The highest BCUT2D eigenvalue weighted by atomic mass is 32.1. The molecule has 5 heteroatoms. The fourth-order valence-electron chi connectivity index (χ4n) is 6.15. The van der Waals surface area contributed by atoms with Crippen LogP contribution in [0.15, 0.2) is 84.5 Å². The third-order valence-electron chi connectivity index (χ3n) is 7.83. The Hall–Kier alpha value is -3.38. The number of aromatic nitrogens is 2. The number of nitrogens with zero attached hydrogens (tertiary/aromatic N) is 2. The number of hydrogen-bond donors (Lipinski definition) is 1. The SMILES string of the molecule is C=C(CO)C1C(COC)c2c(cc(C(C)(C)C)c3ccccc23)-c2cc(-c3ccnc4ccsc34)cc[n+]21. The van der Waals surface area contributed by atoms with E-state index in [4.69, 9.17) is 4.74 Å². The quantitative estimate of drug-likeness (QED) is 0.196. The molecule has 192 valence electrons. The van der Waals surface area contributed by atoms with Crippen LogP contribution in [0.2, 0.25) is 0 Å². The highest BCUT2D eigenvalue weighted by Crippen LogP contribution is 2.47. The normalized spacial score (nSPS) is 17.0. The molecule has 1 aliphatic rings. The Morgan fingerprint density at radius 1 is 1.08 bits per heavy atom. The monoisotopic (exact) mass is 521 g/mol. The Morgan fingerprint density at radius 2 is 1.87 bits per heavy atom. The summed E-state index contributed by atoms with van der Waals surface area (Å²) in [6.45, 7) is 11.6. The molecule has 0 saturated heterocycles. The zero-order valence-corrected chi connectivity index (χ0v) is 23.2. The molecule has 2 atom stereocenters. The molecule has 0 radical (unpaired) electrons. The van der Waals surface area contributed by atoms with E-state index in [-0.39, 0.29) is 24.0 Å². The molecule has 38 heavy (non-hydrogen) atoms. The maximum atomic E-state index is 10.3. The fourth-order valence-corrected chi connectivity index (χ4v) is 7.04. The largest absolute Gasteiger partial charge is 0.392 e. The first-order valence-electron chi connectivity index (χ1n) is 13.0. The van der Waals surface area contributed by atoms with Gasteiger partial charge >= 0.3 is 0 Å². The molecular formula is C33H33N2O2S+. The van der Waals surface area contributed by atoms with E-state index in [0.717, 1.165) is 22.3 Å². The van der Waals surface area contributed by atoms with E-state index in [1.165, 1.54) is 37.7 Å². The zero-order chi connectivity index (χ0) is 26.6. The van der Waals surface area contributed by atoms with Crippen LogP contribution in [-0.4, -0.2) is 30.4 Å². The molecule has 1 N–H and O–H groups in total. The van der Waals surface area contributed by atoms with Crippen LogP contribution in [0.25, 0.3) is 43.4 Å². The Labute approximate surface area is 227 Å². The second kappa shape index (κ2) is 9.42. The van der Waals surface area contributed by atoms with E-state index >= 15 is 0 Å². The van der Waals surface area contributed by atoms with Crippen molar-refractivity contribution in [3.8, 4) is 22.4 Å². The summed E-state index contributed by atoms with van der Waals surface area (Å²) in [5, 5.41) is 14.9. The van der Waals surface area contributed by atoms with E-state index in [0.29, 0.717) is 6.61 Å². The first-order chi connectivity index (χ1) is 18.3. The lowest BCUT2D eigenvalue weighted by Gasteiger charge is -2.34. The maximum absolute atomic E-state index is 10.3. The molecular weight excluding hydrogens is 488 g/mol. The van der Waals surface area contributed by atoms with Crippen molar-refractivity contribution in [3.63, 3.8) is 0 Å². The van der Waals surface area contributed by atoms with Gasteiger partial charge in [-0.3, -0.25) is 4.98 Å². The number of rotatable bonds is 5. The molecule has 0 fully saturated rings. The Bertz CT molecular complexity index is 1700. The number of ether oxygens (including phenoxy) is 1. The van der Waals surface area contributed by atoms with E-state index < -0.39 is 0 Å². The highest BCUT2D eigenvalue weighted by Gasteiger charge is 2.43. The van der Waals surface area contributed by atoms with Crippen LogP contribution in [0.1, 0.15) is 43.9 Å². The number of pyridine rings is 2. The van der Waals surface area contributed by atoms with Gasteiger partial charge in [-0.05, 0) is 56.5 Å². The molecule has 6 rings (SSSR count). The average Bonchev–Trinajstić information content (AvgIpc) is 3.40. The zero-order valence-electron chi connectivity index (χ0n) is 22.4. The molecule has 5 aromatic rings. The fraction of sp³-hybridized carbons (Fsp3) is 0.273. The Kier molecular flexibility index (Phi) is 6.18. The molecule has 2 aromatic carbocycles. The minimum Gasteiger partial charge on any atom is -0.392 e. The average molecular weight is 522 g/mol. The molecule has 0 bridgehead atoms. The van der Waals surface area contributed by atoms with Crippen molar-refractivity contribution < 1.29 is 14.4 Å². The van der Waals surface area contributed by atoms with Crippen molar-refractivity contribution in [3.05, 3.63) is 95.6 Å². The Morgan fingerprint density at radius 3 is 2.61 bits per heavy atom. The summed E-state index contributed by atoms with van der Waals surface area (Å²) >= 11 is 1.72. The van der Waals surface area contributed by atoms with Crippen molar-refractivity contribution in [2.24, 2.45) is 0 Å². The van der Waals surface area contributed by atoms with Crippen LogP contribution in [-0.2, 0) is 10.2 Å². The molecule has 0 spiro atoms. The first kappa shape index (κ1) is 24.9. The molecule has 3 aromatic heterocycles. The first-order valence-corrected chi connectivity index (χ1v) is 13.9. The van der Waals surface area contributed by atoms with Crippen LogP contribution in [0, 0.1) is 0 Å². The second-order valence-electron chi connectivity index (χ2n) is 11.2.